The molecule has 1 N–H and O–H groups in total. The monoisotopic (exact) mass is 385 g/mol. The van der Waals surface area contributed by atoms with Crippen LogP contribution in [-0.4, -0.2) is 61.0 Å². The average molecular weight is 386 g/mol. The van der Waals surface area contributed by atoms with Gasteiger partial charge in [-0.2, -0.15) is 0 Å². The third-order valence-corrected chi connectivity index (χ3v) is 6.25. The molecular formula is C24H39N3O. The molecule has 156 valence electrons. The van der Waals surface area contributed by atoms with Crippen molar-refractivity contribution in [3.63, 3.8) is 0 Å². The quantitative estimate of drug-likeness (QED) is 0.813. The zero-order valence-electron chi connectivity index (χ0n) is 18.1. The number of benzene rings is 1. The van der Waals surface area contributed by atoms with Gasteiger partial charge >= 0.3 is 0 Å². The van der Waals surface area contributed by atoms with E-state index in [9.17, 15) is 4.79 Å². The van der Waals surface area contributed by atoms with Crippen molar-refractivity contribution in [2.24, 2.45) is 11.3 Å². The Bertz CT molecular complexity index is 602. The van der Waals surface area contributed by atoms with Crippen LogP contribution in [0.1, 0.15) is 52.0 Å². The van der Waals surface area contributed by atoms with Gasteiger partial charge in [0, 0.05) is 25.7 Å². The van der Waals surface area contributed by atoms with Crippen molar-refractivity contribution in [1.29, 1.82) is 0 Å². The van der Waals surface area contributed by atoms with Crippen LogP contribution in [0.5, 0.6) is 0 Å². The van der Waals surface area contributed by atoms with Crippen molar-refractivity contribution in [2.75, 3.05) is 39.3 Å². The molecule has 0 aliphatic carbocycles. The highest BCUT2D eigenvalue weighted by atomic mass is 16.1. The lowest BCUT2D eigenvalue weighted by molar-refractivity contribution is -0.127. The van der Waals surface area contributed by atoms with E-state index in [0.29, 0.717) is 6.04 Å². The predicted octanol–water partition coefficient (Wildman–Crippen LogP) is 3.57. The Balaban J connectivity index is 1.40. The smallest absolute Gasteiger partial charge is 0.224 e. The zero-order chi connectivity index (χ0) is 20.0. The summed E-state index contributed by atoms with van der Waals surface area (Å²) in [5.41, 5.74) is 1.58. The fraction of sp³-hybridized carbons (Fsp3) is 0.708. The Labute approximate surface area is 171 Å². The first kappa shape index (κ1) is 21.3. The highest BCUT2D eigenvalue weighted by molar-refractivity contribution is 5.79. The maximum absolute atomic E-state index is 12.6. The van der Waals surface area contributed by atoms with Crippen LogP contribution in [0.4, 0.5) is 0 Å². The van der Waals surface area contributed by atoms with Gasteiger partial charge in [-0.05, 0) is 62.7 Å². The lowest BCUT2D eigenvalue weighted by Gasteiger charge is -2.42. The molecule has 0 unspecified atom stereocenters. The van der Waals surface area contributed by atoms with E-state index in [1.165, 1.54) is 31.5 Å². The summed E-state index contributed by atoms with van der Waals surface area (Å²) >= 11 is 0. The third kappa shape index (κ3) is 6.59. The molecule has 0 radical (unpaired) electrons. The Kier molecular flexibility index (Phi) is 7.53. The van der Waals surface area contributed by atoms with Crippen molar-refractivity contribution in [2.45, 2.75) is 58.9 Å². The fourth-order valence-corrected chi connectivity index (χ4v) is 4.49. The average Bonchev–Trinajstić information content (AvgIpc) is 2.71. The Morgan fingerprint density at radius 2 is 1.79 bits per heavy atom. The van der Waals surface area contributed by atoms with E-state index in [-0.39, 0.29) is 17.2 Å². The molecule has 4 heteroatoms. The summed E-state index contributed by atoms with van der Waals surface area (Å²) in [6.45, 7) is 12.9. The highest BCUT2D eigenvalue weighted by Gasteiger charge is 2.31. The number of likely N-dealkylation sites (tertiary alicyclic amines) is 2. The van der Waals surface area contributed by atoms with Gasteiger partial charge in [0.2, 0.25) is 5.91 Å². The molecule has 0 spiro atoms. The largest absolute Gasteiger partial charge is 0.355 e. The van der Waals surface area contributed by atoms with Crippen LogP contribution < -0.4 is 5.32 Å². The first-order valence-electron chi connectivity index (χ1n) is 11.2. The number of rotatable bonds is 6. The first-order chi connectivity index (χ1) is 13.4. The molecular weight excluding hydrogens is 346 g/mol. The second-order valence-electron chi connectivity index (χ2n) is 9.92. The molecule has 0 saturated carbocycles. The maximum atomic E-state index is 12.6. The van der Waals surface area contributed by atoms with Gasteiger partial charge in [0.05, 0.1) is 5.92 Å². The first-order valence-corrected chi connectivity index (χ1v) is 11.2. The third-order valence-electron chi connectivity index (χ3n) is 6.25. The number of carbonyl (C=O) groups excluding carboxylic acids is 1. The summed E-state index contributed by atoms with van der Waals surface area (Å²) in [6, 6.07) is 11.5. The van der Waals surface area contributed by atoms with Crippen LogP contribution in [0.2, 0.25) is 0 Å². The van der Waals surface area contributed by atoms with Gasteiger partial charge in [0.15, 0.2) is 0 Å². The highest BCUT2D eigenvalue weighted by Crippen LogP contribution is 2.24. The molecule has 0 aromatic heterocycles. The fourth-order valence-electron chi connectivity index (χ4n) is 4.49. The van der Waals surface area contributed by atoms with Gasteiger partial charge in [0.25, 0.3) is 0 Å². The molecule has 1 aromatic rings. The molecule has 2 aliphatic heterocycles. The number of amides is 1. The van der Waals surface area contributed by atoms with Gasteiger partial charge in [-0.1, -0.05) is 51.1 Å². The van der Waals surface area contributed by atoms with Gasteiger partial charge in [-0.15, -0.1) is 0 Å². The van der Waals surface area contributed by atoms with Crippen LogP contribution in [0, 0.1) is 11.3 Å². The standard InChI is InChI=1S/C24H39N3O/c1-24(2,3)19-25-23(28)21-10-7-14-27(18-21)22-12-16-26(17-13-22)15-11-20-8-5-4-6-9-20/h4-6,8-9,21-22H,7,10-19H2,1-3H3,(H,25,28)/t21-/m1/s1. The number of nitrogens with one attached hydrogen (secondary N) is 1. The minimum Gasteiger partial charge on any atom is -0.355 e. The van der Waals surface area contributed by atoms with Gasteiger partial charge in [-0.3, -0.25) is 9.69 Å². The summed E-state index contributed by atoms with van der Waals surface area (Å²) in [6.07, 6.45) is 5.83. The summed E-state index contributed by atoms with van der Waals surface area (Å²) in [5, 5.41) is 3.18. The van der Waals surface area contributed by atoms with Crippen LogP contribution in [0.3, 0.4) is 0 Å². The van der Waals surface area contributed by atoms with E-state index >= 15 is 0 Å². The normalized spacial score (nSPS) is 22.9. The SMILES string of the molecule is CC(C)(C)CNC(=O)[C@@H]1CCCN(C2CCN(CCc3ccccc3)CC2)C1. The van der Waals surface area contributed by atoms with E-state index in [0.717, 1.165) is 45.4 Å². The maximum Gasteiger partial charge on any atom is 0.224 e. The number of piperidine rings is 2. The number of nitrogens with zero attached hydrogens (tertiary/aromatic N) is 2. The minimum absolute atomic E-state index is 0.149. The Morgan fingerprint density at radius 3 is 2.46 bits per heavy atom. The lowest BCUT2D eigenvalue weighted by atomic mass is 9.92. The molecule has 1 aromatic carbocycles. The van der Waals surface area contributed by atoms with Gasteiger partial charge < -0.3 is 10.2 Å². The Morgan fingerprint density at radius 1 is 1.07 bits per heavy atom. The minimum atomic E-state index is 0.149. The van der Waals surface area contributed by atoms with E-state index in [4.69, 9.17) is 0 Å². The summed E-state index contributed by atoms with van der Waals surface area (Å²) < 4.78 is 0. The molecule has 2 heterocycles. The van der Waals surface area contributed by atoms with Crippen LogP contribution in [-0.2, 0) is 11.2 Å². The van der Waals surface area contributed by atoms with Gasteiger partial charge in [-0.25, -0.2) is 0 Å². The topological polar surface area (TPSA) is 35.6 Å². The molecule has 4 nitrogen and oxygen atoms in total. The number of hydrogen-bond donors (Lipinski definition) is 1. The molecule has 1 amide bonds. The molecule has 3 rings (SSSR count). The van der Waals surface area contributed by atoms with Crippen molar-refractivity contribution in [3.05, 3.63) is 35.9 Å². The molecule has 2 aliphatic rings. The second kappa shape index (κ2) is 9.89. The molecule has 2 fully saturated rings. The summed E-state index contributed by atoms with van der Waals surface area (Å²) in [7, 11) is 0. The lowest BCUT2D eigenvalue weighted by Crippen LogP contribution is -2.51. The van der Waals surface area contributed by atoms with Crippen molar-refractivity contribution >= 4 is 5.91 Å². The number of hydrogen-bond acceptors (Lipinski definition) is 3. The van der Waals surface area contributed by atoms with E-state index < -0.39 is 0 Å². The van der Waals surface area contributed by atoms with E-state index in [1.54, 1.807) is 0 Å². The predicted molar refractivity (Wildman–Crippen MR) is 116 cm³/mol. The molecule has 1 atom stereocenters. The van der Waals surface area contributed by atoms with Crippen molar-refractivity contribution in [1.82, 2.24) is 15.1 Å². The number of carbonyl (C=O) groups is 1. The zero-order valence-corrected chi connectivity index (χ0v) is 18.1. The van der Waals surface area contributed by atoms with Crippen LogP contribution in [0.15, 0.2) is 30.3 Å². The van der Waals surface area contributed by atoms with Crippen LogP contribution in [0.25, 0.3) is 0 Å². The second-order valence-corrected chi connectivity index (χ2v) is 9.92. The van der Waals surface area contributed by atoms with Crippen molar-refractivity contribution < 1.29 is 4.79 Å². The Hall–Kier alpha value is -1.39. The molecule has 2 saturated heterocycles. The summed E-state index contributed by atoms with van der Waals surface area (Å²) in [4.78, 5) is 17.8. The molecule has 0 bridgehead atoms. The van der Waals surface area contributed by atoms with E-state index in [2.05, 4.69) is 66.2 Å². The van der Waals surface area contributed by atoms with Crippen molar-refractivity contribution in [3.8, 4) is 0 Å². The van der Waals surface area contributed by atoms with Crippen LogP contribution >= 0.6 is 0 Å². The molecule has 28 heavy (non-hydrogen) atoms. The van der Waals surface area contributed by atoms with E-state index in [1.807, 2.05) is 0 Å². The summed E-state index contributed by atoms with van der Waals surface area (Å²) in [5.74, 6) is 0.437. The van der Waals surface area contributed by atoms with Gasteiger partial charge in [0.1, 0.15) is 0 Å².